The standard InChI is InChI=1S/C23H28BrNO5/c1-4-6-10-30-23(28)19-13(3)25-16-8-7-9-17(26)21(16)20(19)14-11-15(24)22(27)18(12-14)29-5-2/h11-12,20,25,27H,4-10H2,1-3H3/t20-/m1/s1. The van der Waals surface area contributed by atoms with Crippen molar-refractivity contribution in [3.8, 4) is 11.5 Å². The van der Waals surface area contributed by atoms with Crippen molar-refractivity contribution in [3.05, 3.63) is 44.7 Å². The maximum atomic E-state index is 13.1. The monoisotopic (exact) mass is 477 g/mol. The average molecular weight is 478 g/mol. The van der Waals surface area contributed by atoms with Gasteiger partial charge < -0.3 is 19.9 Å². The molecule has 0 spiro atoms. The number of nitrogens with one attached hydrogen (secondary N) is 1. The summed E-state index contributed by atoms with van der Waals surface area (Å²) in [4.78, 5) is 26.0. The number of hydrogen-bond acceptors (Lipinski definition) is 6. The molecular formula is C23H28BrNO5. The van der Waals surface area contributed by atoms with Crippen LogP contribution in [0.3, 0.4) is 0 Å². The van der Waals surface area contributed by atoms with Crippen molar-refractivity contribution in [1.82, 2.24) is 5.32 Å². The highest BCUT2D eigenvalue weighted by Crippen LogP contribution is 2.46. The zero-order chi connectivity index (χ0) is 21.8. The lowest BCUT2D eigenvalue weighted by atomic mass is 9.75. The molecule has 162 valence electrons. The van der Waals surface area contributed by atoms with Gasteiger partial charge in [-0.2, -0.15) is 0 Å². The predicted molar refractivity (Wildman–Crippen MR) is 117 cm³/mol. The van der Waals surface area contributed by atoms with Crippen LogP contribution in [-0.4, -0.2) is 30.1 Å². The zero-order valence-electron chi connectivity index (χ0n) is 17.6. The van der Waals surface area contributed by atoms with Crippen LogP contribution in [0.1, 0.15) is 64.4 Å². The fraction of sp³-hybridized carbons (Fsp3) is 0.478. The molecule has 1 aromatic rings. The first-order valence-corrected chi connectivity index (χ1v) is 11.2. The van der Waals surface area contributed by atoms with Crippen molar-refractivity contribution in [1.29, 1.82) is 0 Å². The number of carbonyl (C=O) groups is 2. The van der Waals surface area contributed by atoms with E-state index in [9.17, 15) is 14.7 Å². The lowest BCUT2D eigenvalue weighted by Crippen LogP contribution is -2.34. The van der Waals surface area contributed by atoms with Crippen molar-refractivity contribution < 1.29 is 24.2 Å². The number of ether oxygens (including phenoxy) is 2. The second kappa shape index (κ2) is 9.69. The van der Waals surface area contributed by atoms with Gasteiger partial charge in [-0.05, 0) is 66.7 Å². The van der Waals surface area contributed by atoms with E-state index in [2.05, 4.69) is 21.2 Å². The number of unbranched alkanes of at least 4 members (excludes halogenated alkanes) is 1. The van der Waals surface area contributed by atoms with Crippen molar-refractivity contribution in [3.63, 3.8) is 0 Å². The summed E-state index contributed by atoms with van der Waals surface area (Å²) in [6.07, 6.45) is 3.69. The molecule has 2 N–H and O–H groups in total. The van der Waals surface area contributed by atoms with Crippen LogP contribution in [0.15, 0.2) is 39.1 Å². The van der Waals surface area contributed by atoms with Crippen LogP contribution < -0.4 is 10.1 Å². The molecule has 0 bridgehead atoms. The Hall–Kier alpha value is -2.28. The van der Waals surface area contributed by atoms with Crippen LogP contribution >= 0.6 is 15.9 Å². The molecule has 1 atom stereocenters. The maximum Gasteiger partial charge on any atom is 0.336 e. The van der Waals surface area contributed by atoms with Crippen molar-refractivity contribution >= 4 is 27.7 Å². The van der Waals surface area contributed by atoms with Gasteiger partial charge in [0.1, 0.15) is 0 Å². The van der Waals surface area contributed by atoms with Gasteiger partial charge in [0.15, 0.2) is 17.3 Å². The largest absolute Gasteiger partial charge is 0.503 e. The Kier molecular flexibility index (Phi) is 7.23. The SMILES string of the molecule is CCCCOC(=O)C1=C(C)NC2=C(C(=O)CCC2)[C@@H]1c1cc(Br)c(O)c(OCC)c1. The fourth-order valence-electron chi connectivity index (χ4n) is 4.00. The molecule has 3 rings (SSSR count). The molecule has 1 heterocycles. The first-order chi connectivity index (χ1) is 14.4. The van der Waals surface area contributed by atoms with E-state index in [1.165, 1.54) is 0 Å². The Balaban J connectivity index is 2.13. The Morgan fingerprint density at radius 1 is 1.30 bits per heavy atom. The third-order valence-electron chi connectivity index (χ3n) is 5.41. The van der Waals surface area contributed by atoms with E-state index in [1.54, 1.807) is 12.1 Å². The minimum atomic E-state index is -0.570. The summed E-state index contributed by atoms with van der Waals surface area (Å²) in [5.41, 5.74) is 3.29. The van der Waals surface area contributed by atoms with Gasteiger partial charge in [0, 0.05) is 29.3 Å². The second-order valence-corrected chi connectivity index (χ2v) is 8.39. The molecule has 0 aromatic heterocycles. The van der Waals surface area contributed by atoms with Crippen LogP contribution in [0.5, 0.6) is 11.5 Å². The van der Waals surface area contributed by atoms with Crippen LogP contribution in [-0.2, 0) is 14.3 Å². The van der Waals surface area contributed by atoms with Crippen molar-refractivity contribution in [2.24, 2.45) is 0 Å². The Morgan fingerprint density at radius 3 is 2.77 bits per heavy atom. The number of ketones is 1. The Bertz CT molecular complexity index is 918. The molecule has 1 aromatic carbocycles. The summed E-state index contributed by atoms with van der Waals surface area (Å²) in [7, 11) is 0. The molecule has 2 aliphatic rings. The quantitative estimate of drug-likeness (QED) is 0.430. The van der Waals surface area contributed by atoms with Gasteiger partial charge in [0.05, 0.1) is 23.3 Å². The zero-order valence-corrected chi connectivity index (χ0v) is 19.2. The Morgan fingerprint density at radius 2 is 2.07 bits per heavy atom. The summed E-state index contributed by atoms with van der Waals surface area (Å²) in [5.74, 6) is -0.666. The van der Waals surface area contributed by atoms with E-state index < -0.39 is 11.9 Å². The number of phenolic OH excluding ortho intramolecular Hbond substituents is 1. The molecule has 6 nitrogen and oxygen atoms in total. The van der Waals surface area contributed by atoms with E-state index in [4.69, 9.17) is 9.47 Å². The van der Waals surface area contributed by atoms with E-state index >= 15 is 0 Å². The van der Waals surface area contributed by atoms with E-state index in [-0.39, 0.29) is 11.5 Å². The molecule has 0 saturated heterocycles. The van der Waals surface area contributed by atoms with Gasteiger partial charge >= 0.3 is 5.97 Å². The summed E-state index contributed by atoms with van der Waals surface area (Å²) in [6.45, 7) is 6.41. The molecule has 0 saturated carbocycles. The van der Waals surface area contributed by atoms with Crippen LogP contribution in [0.25, 0.3) is 0 Å². The highest BCUT2D eigenvalue weighted by Gasteiger charge is 2.39. The van der Waals surface area contributed by atoms with Crippen molar-refractivity contribution in [2.45, 2.75) is 58.8 Å². The number of phenols is 1. The van der Waals surface area contributed by atoms with Gasteiger partial charge in [-0.1, -0.05) is 13.3 Å². The number of carbonyl (C=O) groups excluding carboxylic acids is 2. The van der Waals surface area contributed by atoms with Gasteiger partial charge in [0.25, 0.3) is 0 Å². The molecule has 0 fully saturated rings. The normalized spacial score (nSPS) is 18.8. The number of Topliss-reactive ketones (excluding diaryl/α,β-unsaturated/α-hetero) is 1. The fourth-order valence-corrected chi connectivity index (χ4v) is 4.46. The van der Waals surface area contributed by atoms with Gasteiger partial charge in [-0.15, -0.1) is 0 Å². The number of allylic oxidation sites excluding steroid dienone is 3. The number of esters is 1. The van der Waals surface area contributed by atoms with E-state index in [1.807, 2.05) is 20.8 Å². The van der Waals surface area contributed by atoms with Gasteiger partial charge in [0.2, 0.25) is 0 Å². The summed E-state index contributed by atoms with van der Waals surface area (Å²) < 4.78 is 11.6. The van der Waals surface area contributed by atoms with E-state index in [0.717, 1.165) is 31.4 Å². The number of halogens is 1. The van der Waals surface area contributed by atoms with Crippen LogP contribution in [0.4, 0.5) is 0 Å². The van der Waals surface area contributed by atoms with Gasteiger partial charge in [-0.3, -0.25) is 4.79 Å². The lowest BCUT2D eigenvalue weighted by Gasteiger charge is -2.34. The van der Waals surface area contributed by atoms with Gasteiger partial charge in [-0.25, -0.2) is 4.79 Å². The molecule has 30 heavy (non-hydrogen) atoms. The average Bonchev–Trinajstić information content (AvgIpc) is 2.70. The van der Waals surface area contributed by atoms with Crippen molar-refractivity contribution in [2.75, 3.05) is 13.2 Å². The minimum absolute atomic E-state index is 0.00789. The van der Waals surface area contributed by atoms with Crippen LogP contribution in [0.2, 0.25) is 0 Å². The molecular weight excluding hydrogens is 450 g/mol. The highest BCUT2D eigenvalue weighted by molar-refractivity contribution is 9.10. The molecule has 0 amide bonds. The summed E-state index contributed by atoms with van der Waals surface area (Å²) in [6, 6.07) is 3.45. The Labute approximate surface area is 185 Å². The number of aromatic hydroxyl groups is 1. The predicted octanol–water partition coefficient (Wildman–Crippen LogP) is 4.86. The smallest absolute Gasteiger partial charge is 0.336 e. The molecule has 0 radical (unpaired) electrons. The maximum absolute atomic E-state index is 13.1. The molecule has 1 aliphatic carbocycles. The number of rotatable bonds is 7. The number of hydrogen-bond donors (Lipinski definition) is 2. The molecule has 1 aliphatic heterocycles. The summed E-state index contributed by atoms with van der Waals surface area (Å²) >= 11 is 3.38. The number of dihydropyridines is 1. The highest BCUT2D eigenvalue weighted by atomic mass is 79.9. The molecule has 0 unspecified atom stereocenters. The summed E-state index contributed by atoms with van der Waals surface area (Å²) in [5, 5.41) is 13.6. The van der Waals surface area contributed by atoms with E-state index in [0.29, 0.717) is 52.3 Å². The first kappa shape index (κ1) is 22.4. The molecule has 7 heteroatoms. The second-order valence-electron chi connectivity index (χ2n) is 7.54. The number of benzene rings is 1. The third-order valence-corrected chi connectivity index (χ3v) is 6.02. The lowest BCUT2D eigenvalue weighted by molar-refractivity contribution is -0.139. The first-order valence-electron chi connectivity index (χ1n) is 10.4. The minimum Gasteiger partial charge on any atom is -0.503 e. The third kappa shape index (κ3) is 4.41. The topological polar surface area (TPSA) is 84.9 Å². The van der Waals surface area contributed by atoms with Crippen LogP contribution in [0, 0.1) is 0 Å².